The van der Waals surface area contributed by atoms with Gasteiger partial charge in [-0.15, -0.1) is 10.2 Å². The van der Waals surface area contributed by atoms with E-state index in [-0.39, 0.29) is 23.9 Å². The first-order valence-electron chi connectivity index (χ1n) is 11.1. The monoisotopic (exact) mass is 412 g/mol. The highest BCUT2D eigenvalue weighted by molar-refractivity contribution is 5.82. The molecule has 7 heteroatoms. The molecule has 2 atom stereocenters. The molecule has 0 unspecified atom stereocenters. The molecule has 2 aliphatic heterocycles. The van der Waals surface area contributed by atoms with Crippen molar-refractivity contribution >= 4 is 5.91 Å². The molecule has 7 nitrogen and oxygen atoms in total. The van der Waals surface area contributed by atoms with Gasteiger partial charge in [-0.1, -0.05) is 30.3 Å². The quantitative estimate of drug-likeness (QED) is 0.723. The number of hydrogen-bond acceptors (Lipinski definition) is 6. The van der Waals surface area contributed by atoms with E-state index in [0.717, 1.165) is 58.4 Å². The summed E-state index contributed by atoms with van der Waals surface area (Å²) < 4.78 is 11.5. The van der Waals surface area contributed by atoms with Gasteiger partial charge in [0, 0.05) is 32.2 Å². The molecule has 0 N–H and O–H groups in total. The van der Waals surface area contributed by atoms with Gasteiger partial charge in [0.1, 0.15) is 6.04 Å². The average molecular weight is 413 g/mol. The van der Waals surface area contributed by atoms with Crippen molar-refractivity contribution in [3.8, 4) is 0 Å². The number of likely N-dealkylation sites (tertiary alicyclic amines) is 1. The summed E-state index contributed by atoms with van der Waals surface area (Å²) in [6, 6.07) is 9.91. The van der Waals surface area contributed by atoms with E-state index in [1.54, 1.807) is 0 Å². The Balaban J connectivity index is 1.45. The van der Waals surface area contributed by atoms with Crippen LogP contribution in [0.5, 0.6) is 0 Å². The lowest BCUT2D eigenvalue weighted by Gasteiger charge is -2.37. The number of nitrogens with zero attached hydrogens (tertiary/aromatic N) is 4. The van der Waals surface area contributed by atoms with Gasteiger partial charge in [0.25, 0.3) is 0 Å². The maximum absolute atomic E-state index is 13.4. The van der Waals surface area contributed by atoms with E-state index in [1.165, 1.54) is 5.56 Å². The maximum atomic E-state index is 13.4. The van der Waals surface area contributed by atoms with Gasteiger partial charge in [-0.3, -0.25) is 9.69 Å². The summed E-state index contributed by atoms with van der Waals surface area (Å²) in [7, 11) is 2.00. The van der Waals surface area contributed by atoms with Crippen LogP contribution in [0.4, 0.5) is 0 Å². The fraction of sp³-hybridized carbons (Fsp3) is 0.609. The van der Waals surface area contributed by atoms with Gasteiger partial charge in [-0.25, -0.2) is 0 Å². The molecular weight excluding hydrogens is 380 g/mol. The Morgan fingerprint density at radius 2 is 1.87 bits per heavy atom. The smallest absolute Gasteiger partial charge is 0.240 e. The van der Waals surface area contributed by atoms with Crippen molar-refractivity contribution in [1.29, 1.82) is 0 Å². The minimum Gasteiger partial charge on any atom is -0.423 e. The number of carbonyl (C=O) groups is 1. The molecule has 4 rings (SSSR count). The van der Waals surface area contributed by atoms with E-state index in [4.69, 9.17) is 9.15 Å². The minimum atomic E-state index is -0.219. The number of amides is 1. The molecule has 0 bridgehead atoms. The second-order valence-corrected chi connectivity index (χ2v) is 8.49. The van der Waals surface area contributed by atoms with E-state index >= 15 is 0 Å². The van der Waals surface area contributed by atoms with Crippen molar-refractivity contribution in [2.24, 2.45) is 0 Å². The molecule has 1 aromatic carbocycles. The third-order valence-corrected chi connectivity index (χ3v) is 6.39. The number of carbonyl (C=O) groups excluding carboxylic acids is 1. The van der Waals surface area contributed by atoms with Crippen molar-refractivity contribution < 1.29 is 13.9 Å². The molecule has 1 amide bonds. The lowest BCUT2D eigenvalue weighted by Crippen LogP contribution is -2.48. The van der Waals surface area contributed by atoms with Gasteiger partial charge in [0.15, 0.2) is 0 Å². The van der Waals surface area contributed by atoms with E-state index in [2.05, 4.69) is 27.2 Å². The highest BCUT2D eigenvalue weighted by atomic mass is 16.5. The Morgan fingerprint density at radius 1 is 1.13 bits per heavy atom. The van der Waals surface area contributed by atoms with Crippen LogP contribution in [0.3, 0.4) is 0 Å². The summed E-state index contributed by atoms with van der Waals surface area (Å²) in [4.78, 5) is 17.5. The van der Waals surface area contributed by atoms with Gasteiger partial charge < -0.3 is 14.1 Å². The molecule has 0 radical (unpaired) electrons. The molecule has 2 aromatic rings. The van der Waals surface area contributed by atoms with E-state index in [1.807, 2.05) is 37.1 Å². The van der Waals surface area contributed by atoms with E-state index in [0.29, 0.717) is 11.8 Å². The Bertz CT molecular complexity index is 819. The zero-order valence-electron chi connectivity index (χ0n) is 18.0. The zero-order valence-corrected chi connectivity index (χ0v) is 18.0. The van der Waals surface area contributed by atoms with Crippen molar-refractivity contribution in [3.63, 3.8) is 0 Å². The highest BCUT2D eigenvalue weighted by Crippen LogP contribution is 2.33. The van der Waals surface area contributed by atoms with Crippen LogP contribution < -0.4 is 0 Å². The summed E-state index contributed by atoms with van der Waals surface area (Å²) >= 11 is 0. The molecule has 2 fully saturated rings. The van der Waals surface area contributed by atoms with Crippen LogP contribution in [0.25, 0.3) is 0 Å². The standard InChI is InChI=1S/C23H32N4O3/c1-17(26(2)16-18-8-4-3-5-9-18)23(28)27-13-7-6-10-20(27)22-25-24-21(30-22)19-11-14-29-15-12-19/h3-5,8-9,17,19-20H,6-7,10-16H2,1-2H3/t17-,20+/m0/s1. The third-order valence-electron chi connectivity index (χ3n) is 6.39. The van der Waals surface area contributed by atoms with Gasteiger partial charge in [-0.05, 0) is 51.6 Å². The molecule has 0 aliphatic carbocycles. The van der Waals surface area contributed by atoms with Gasteiger partial charge >= 0.3 is 0 Å². The lowest BCUT2D eigenvalue weighted by atomic mass is 10.00. The zero-order chi connectivity index (χ0) is 20.9. The normalized spacial score (nSPS) is 21.7. The SMILES string of the molecule is C[C@@H](C(=O)N1CCCC[C@@H]1c1nnc(C2CCOCC2)o1)N(C)Cc1ccccc1. The Kier molecular flexibility index (Phi) is 6.79. The van der Waals surface area contributed by atoms with Gasteiger partial charge in [-0.2, -0.15) is 0 Å². The molecule has 30 heavy (non-hydrogen) atoms. The summed E-state index contributed by atoms with van der Waals surface area (Å²) in [5.41, 5.74) is 1.20. The second-order valence-electron chi connectivity index (χ2n) is 8.49. The van der Waals surface area contributed by atoms with Gasteiger partial charge in [0.05, 0.1) is 6.04 Å². The number of benzene rings is 1. The Labute approximate surface area is 178 Å². The average Bonchev–Trinajstić information content (AvgIpc) is 3.29. The second kappa shape index (κ2) is 9.71. The lowest BCUT2D eigenvalue weighted by molar-refractivity contribution is -0.140. The molecule has 162 valence electrons. The number of rotatable bonds is 6. The van der Waals surface area contributed by atoms with E-state index in [9.17, 15) is 4.79 Å². The number of hydrogen-bond donors (Lipinski definition) is 0. The van der Waals surface area contributed by atoms with Crippen LogP contribution in [-0.2, 0) is 16.1 Å². The molecule has 2 aliphatic rings. The molecule has 0 saturated carbocycles. The number of piperidine rings is 1. The molecular formula is C23H32N4O3. The number of ether oxygens (including phenoxy) is 1. The summed E-state index contributed by atoms with van der Waals surface area (Å²) in [5, 5.41) is 8.68. The molecule has 2 saturated heterocycles. The topological polar surface area (TPSA) is 71.7 Å². The number of likely N-dealkylation sites (N-methyl/N-ethyl adjacent to an activating group) is 1. The summed E-state index contributed by atoms with van der Waals surface area (Å²) in [6.45, 7) is 4.93. The maximum Gasteiger partial charge on any atom is 0.240 e. The first-order valence-corrected chi connectivity index (χ1v) is 11.1. The number of aromatic nitrogens is 2. The summed E-state index contributed by atoms with van der Waals surface area (Å²) in [5.74, 6) is 1.68. The van der Waals surface area contributed by atoms with Crippen LogP contribution in [0.15, 0.2) is 34.7 Å². The highest BCUT2D eigenvalue weighted by Gasteiger charge is 2.35. The first kappa shape index (κ1) is 21.0. The van der Waals surface area contributed by atoms with Crippen molar-refractivity contribution in [2.45, 2.75) is 63.6 Å². The van der Waals surface area contributed by atoms with E-state index < -0.39 is 0 Å². The van der Waals surface area contributed by atoms with Gasteiger partial charge in [0.2, 0.25) is 17.7 Å². The largest absolute Gasteiger partial charge is 0.423 e. The fourth-order valence-electron chi connectivity index (χ4n) is 4.38. The van der Waals surface area contributed by atoms with Crippen molar-refractivity contribution in [2.75, 3.05) is 26.8 Å². The predicted molar refractivity (Wildman–Crippen MR) is 113 cm³/mol. The predicted octanol–water partition coefficient (Wildman–Crippen LogP) is 3.54. The van der Waals surface area contributed by atoms with Crippen LogP contribution in [-0.4, -0.2) is 58.8 Å². The fourth-order valence-corrected chi connectivity index (χ4v) is 4.38. The molecule has 3 heterocycles. The van der Waals surface area contributed by atoms with Crippen LogP contribution >= 0.6 is 0 Å². The third kappa shape index (κ3) is 4.73. The van der Waals surface area contributed by atoms with Crippen LogP contribution in [0, 0.1) is 0 Å². The summed E-state index contributed by atoms with van der Waals surface area (Å²) in [6.07, 6.45) is 4.78. The molecule has 0 spiro atoms. The van der Waals surface area contributed by atoms with Crippen molar-refractivity contribution in [1.82, 2.24) is 20.0 Å². The minimum absolute atomic E-state index is 0.125. The van der Waals surface area contributed by atoms with Crippen molar-refractivity contribution in [3.05, 3.63) is 47.7 Å². The van der Waals surface area contributed by atoms with Crippen LogP contribution in [0.1, 0.15) is 68.3 Å². The molecule has 1 aromatic heterocycles. The Morgan fingerprint density at radius 3 is 2.63 bits per heavy atom. The first-order chi connectivity index (χ1) is 14.6. The van der Waals surface area contributed by atoms with Crippen LogP contribution in [0.2, 0.25) is 0 Å². The Hall–Kier alpha value is -2.25.